The Morgan fingerprint density at radius 3 is 2.67 bits per heavy atom. The Morgan fingerprint density at radius 2 is 2.25 bits per heavy atom. The molecule has 0 amide bonds. The van der Waals surface area contributed by atoms with E-state index >= 15 is 0 Å². The second-order valence-corrected chi connectivity index (χ2v) is 3.83. The van der Waals surface area contributed by atoms with E-state index in [4.69, 9.17) is 10.5 Å². The van der Waals surface area contributed by atoms with Gasteiger partial charge in [-0.2, -0.15) is 11.8 Å². The van der Waals surface area contributed by atoms with Crippen LogP contribution in [0.1, 0.15) is 0 Å². The van der Waals surface area contributed by atoms with Gasteiger partial charge in [0.1, 0.15) is 0 Å². The molecule has 0 heterocycles. The summed E-state index contributed by atoms with van der Waals surface area (Å²) in [7, 11) is 3.80. The topological polar surface area (TPSA) is 38.5 Å². The van der Waals surface area contributed by atoms with Crippen molar-refractivity contribution in [1.29, 1.82) is 0 Å². The van der Waals surface area contributed by atoms with E-state index in [-0.39, 0.29) is 6.10 Å². The first-order valence-electron chi connectivity index (χ1n) is 4.15. The second-order valence-electron chi connectivity index (χ2n) is 2.85. The lowest BCUT2D eigenvalue weighted by atomic mass is 10.3. The third kappa shape index (κ3) is 5.83. The molecule has 0 spiro atoms. The molecule has 0 aliphatic rings. The Labute approximate surface area is 79.6 Å². The molecule has 0 bridgehead atoms. The van der Waals surface area contributed by atoms with Crippen molar-refractivity contribution in [3.8, 4) is 0 Å². The number of hydrogen-bond donors (Lipinski definition) is 1. The van der Waals surface area contributed by atoms with Gasteiger partial charge in [-0.05, 0) is 13.3 Å². The summed E-state index contributed by atoms with van der Waals surface area (Å²) < 4.78 is 5.18. The van der Waals surface area contributed by atoms with Gasteiger partial charge in [0.05, 0.1) is 6.10 Å². The molecule has 0 aromatic heterocycles. The molecule has 0 fully saturated rings. The molecule has 3 nitrogen and oxygen atoms in total. The van der Waals surface area contributed by atoms with Crippen LogP contribution in [0.4, 0.5) is 0 Å². The van der Waals surface area contributed by atoms with Crippen LogP contribution >= 0.6 is 11.8 Å². The largest absolute Gasteiger partial charge is 0.379 e. The highest BCUT2D eigenvalue weighted by Crippen LogP contribution is 1.96. The van der Waals surface area contributed by atoms with Gasteiger partial charge in [0.2, 0.25) is 0 Å². The number of nitrogens with zero attached hydrogens (tertiary/aromatic N) is 1. The number of rotatable bonds is 7. The van der Waals surface area contributed by atoms with Crippen molar-refractivity contribution in [1.82, 2.24) is 4.90 Å². The summed E-state index contributed by atoms with van der Waals surface area (Å²) in [6.45, 7) is 2.62. The van der Waals surface area contributed by atoms with E-state index in [9.17, 15) is 0 Å². The Morgan fingerprint density at radius 1 is 1.58 bits per heavy atom. The van der Waals surface area contributed by atoms with E-state index in [2.05, 4.69) is 18.2 Å². The number of hydrogen-bond acceptors (Lipinski definition) is 4. The Balaban J connectivity index is 3.44. The first-order valence-corrected chi connectivity index (χ1v) is 5.54. The number of likely N-dealkylation sites (N-methyl/N-ethyl adjacent to an activating group) is 1. The van der Waals surface area contributed by atoms with Crippen molar-refractivity contribution >= 4 is 11.8 Å². The van der Waals surface area contributed by atoms with Crippen molar-refractivity contribution in [3.05, 3.63) is 0 Å². The fourth-order valence-corrected chi connectivity index (χ4v) is 1.43. The first-order chi connectivity index (χ1) is 5.74. The van der Waals surface area contributed by atoms with Gasteiger partial charge in [-0.3, -0.25) is 0 Å². The van der Waals surface area contributed by atoms with Crippen molar-refractivity contribution in [2.24, 2.45) is 5.73 Å². The molecule has 0 aromatic rings. The summed E-state index contributed by atoms with van der Waals surface area (Å²) in [6.07, 6.45) is 2.29. The lowest BCUT2D eigenvalue weighted by Crippen LogP contribution is -2.36. The van der Waals surface area contributed by atoms with Crippen molar-refractivity contribution in [2.45, 2.75) is 6.10 Å². The molecule has 2 N–H and O–H groups in total. The number of nitrogens with two attached hydrogens (primary N) is 1. The van der Waals surface area contributed by atoms with E-state index in [0.29, 0.717) is 6.54 Å². The van der Waals surface area contributed by atoms with Crippen molar-refractivity contribution in [2.75, 3.05) is 45.8 Å². The molecular formula is C8H20N2OS. The van der Waals surface area contributed by atoms with Gasteiger partial charge < -0.3 is 15.4 Å². The molecule has 1 atom stereocenters. The van der Waals surface area contributed by atoms with Crippen LogP contribution in [-0.2, 0) is 4.74 Å². The maximum Gasteiger partial charge on any atom is 0.0820 e. The van der Waals surface area contributed by atoms with Crippen LogP contribution in [0.2, 0.25) is 0 Å². The molecule has 1 unspecified atom stereocenters. The maximum atomic E-state index is 5.50. The summed E-state index contributed by atoms with van der Waals surface area (Å²) in [4.78, 5) is 2.25. The maximum absolute atomic E-state index is 5.50. The van der Waals surface area contributed by atoms with Gasteiger partial charge in [-0.1, -0.05) is 0 Å². The average molecular weight is 192 g/mol. The van der Waals surface area contributed by atoms with Crippen molar-refractivity contribution in [3.63, 3.8) is 0 Å². The Bertz CT molecular complexity index is 99.1. The minimum absolute atomic E-state index is 0.178. The van der Waals surface area contributed by atoms with Crippen LogP contribution in [0.5, 0.6) is 0 Å². The van der Waals surface area contributed by atoms with Crippen molar-refractivity contribution < 1.29 is 4.74 Å². The smallest absolute Gasteiger partial charge is 0.0820 e. The standard InChI is InChI=1S/C8H20N2OS/c1-10(4-5-12-3)7-8(6-9)11-2/h8H,4-7,9H2,1-3H3. The summed E-state index contributed by atoms with van der Waals surface area (Å²) in [6, 6.07) is 0. The predicted molar refractivity (Wildman–Crippen MR) is 55.7 cm³/mol. The summed E-state index contributed by atoms with van der Waals surface area (Å²) >= 11 is 1.86. The van der Waals surface area contributed by atoms with Crippen LogP contribution in [0.15, 0.2) is 0 Å². The minimum atomic E-state index is 0.178. The molecule has 0 aliphatic heterocycles. The molecule has 0 aromatic carbocycles. The van der Waals surface area contributed by atoms with Gasteiger partial charge in [0, 0.05) is 32.5 Å². The molecule has 4 heteroatoms. The summed E-state index contributed by atoms with van der Waals surface area (Å²) in [5.41, 5.74) is 5.50. The fraction of sp³-hybridized carbons (Fsp3) is 1.00. The zero-order valence-corrected chi connectivity index (χ0v) is 9.06. The lowest BCUT2D eigenvalue weighted by Gasteiger charge is -2.21. The molecule has 0 saturated heterocycles. The van der Waals surface area contributed by atoms with E-state index in [0.717, 1.165) is 18.8 Å². The molecule has 0 saturated carbocycles. The van der Waals surface area contributed by atoms with Crippen LogP contribution in [0, 0.1) is 0 Å². The lowest BCUT2D eigenvalue weighted by molar-refractivity contribution is 0.0800. The third-order valence-electron chi connectivity index (χ3n) is 1.79. The van der Waals surface area contributed by atoms with E-state index < -0.39 is 0 Å². The molecule has 0 radical (unpaired) electrons. The van der Waals surface area contributed by atoms with Gasteiger partial charge in [-0.15, -0.1) is 0 Å². The van der Waals surface area contributed by atoms with Crippen LogP contribution in [0.25, 0.3) is 0 Å². The molecule has 0 rings (SSSR count). The SMILES string of the molecule is COC(CN)CN(C)CCSC. The first kappa shape index (κ1) is 12.2. The van der Waals surface area contributed by atoms with E-state index in [1.165, 1.54) is 0 Å². The van der Waals surface area contributed by atoms with Crippen LogP contribution in [-0.4, -0.2) is 56.8 Å². The van der Waals surface area contributed by atoms with E-state index in [1.807, 2.05) is 11.8 Å². The molecular weight excluding hydrogens is 172 g/mol. The average Bonchev–Trinajstić information content (AvgIpc) is 2.10. The predicted octanol–water partition coefficient (Wildman–Crippen LogP) is 0.255. The number of ether oxygens (including phenoxy) is 1. The van der Waals surface area contributed by atoms with Gasteiger partial charge in [-0.25, -0.2) is 0 Å². The van der Waals surface area contributed by atoms with Gasteiger partial charge >= 0.3 is 0 Å². The molecule has 74 valence electrons. The second kappa shape index (κ2) is 7.86. The fourth-order valence-electron chi connectivity index (χ4n) is 0.931. The normalized spacial score (nSPS) is 13.8. The minimum Gasteiger partial charge on any atom is -0.379 e. The molecule has 12 heavy (non-hydrogen) atoms. The third-order valence-corrected chi connectivity index (χ3v) is 2.38. The number of methoxy groups -OCH3 is 1. The highest BCUT2D eigenvalue weighted by molar-refractivity contribution is 7.98. The Kier molecular flexibility index (Phi) is 8.01. The van der Waals surface area contributed by atoms with E-state index in [1.54, 1.807) is 7.11 Å². The summed E-state index contributed by atoms with van der Waals surface area (Å²) in [5.74, 6) is 1.16. The monoisotopic (exact) mass is 192 g/mol. The van der Waals surface area contributed by atoms with Crippen LogP contribution < -0.4 is 5.73 Å². The zero-order valence-electron chi connectivity index (χ0n) is 8.25. The highest BCUT2D eigenvalue weighted by atomic mass is 32.2. The zero-order chi connectivity index (χ0) is 9.40. The Hall–Kier alpha value is 0.230. The van der Waals surface area contributed by atoms with Gasteiger partial charge in [0.15, 0.2) is 0 Å². The summed E-state index contributed by atoms with van der Waals surface area (Å²) in [5, 5.41) is 0. The quantitative estimate of drug-likeness (QED) is 0.628. The number of thioether (sulfide) groups is 1. The van der Waals surface area contributed by atoms with Crippen LogP contribution in [0.3, 0.4) is 0 Å². The molecule has 0 aliphatic carbocycles. The van der Waals surface area contributed by atoms with Gasteiger partial charge in [0.25, 0.3) is 0 Å². The highest BCUT2D eigenvalue weighted by Gasteiger charge is 2.07.